The second-order valence-electron chi connectivity index (χ2n) is 7.52. The zero-order valence-electron chi connectivity index (χ0n) is 16.8. The van der Waals surface area contributed by atoms with Crippen molar-refractivity contribution in [3.8, 4) is 17.1 Å². The maximum absolute atomic E-state index is 4.60. The van der Waals surface area contributed by atoms with Crippen LogP contribution in [0.2, 0.25) is 0 Å². The molecule has 0 aliphatic carbocycles. The Bertz CT molecular complexity index is 1130. The fourth-order valence-corrected chi connectivity index (χ4v) is 5.83. The molecule has 0 spiro atoms. The summed E-state index contributed by atoms with van der Waals surface area (Å²) in [5, 5.41) is 10.8. The van der Waals surface area contributed by atoms with E-state index in [2.05, 4.69) is 67.4 Å². The number of thioether (sulfide) groups is 2. The minimum Gasteiger partial charge on any atom is -0.297 e. The minimum atomic E-state index is 0.314. The molecular formula is C22H22N6S2. The lowest BCUT2D eigenvalue weighted by Crippen LogP contribution is -2.11. The summed E-state index contributed by atoms with van der Waals surface area (Å²) in [6.45, 7) is 4.43. The molecule has 1 aromatic carbocycles. The molecule has 1 aliphatic heterocycles. The minimum absolute atomic E-state index is 0.314. The Hall–Kier alpha value is -2.58. The maximum atomic E-state index is 4.60. The Kier molecular flexibility index (Phi) is 5.35. The summed E-state index contributed by atoms with van der Waals surface area (Å²) in [6.07, 6.45) is 7.52. The summed E-state index contributed by atoms with van der Waals surface area (Å²) in [5.41, 5.74) is 3.49. The van der Waals surface area contributed by atoms with Crippen LogP contribution in [0.3, 0.4) is 0 Å². The van der Waals surface area contributed by atoms with Crippen molar-refractivity contribution in [1.29, 1.82) is 0 Å². The molecule has 0 amide bonds. The number of imidazole rings is 1. The van der Waals surface area contributed by atoms with Crippen molar-refractivity contribution < 1.29 is 0 Å². The molecule has 0 saturated heterocycles. The van der Waals surface area contributed by atoms with Gasteiger partial charge >= 0.3 is 0 Å². The van der Waals surface area contributed by atoms with E-state index in [1.165, 1.54) is 5.56 Å². The van der Waals surface area contributed by atoms with Crippen LogP contribution >= 0.6 is 23.5 Å². The normalized spacial score (nSPS) is 15.6. The van der Waals surface area contributed by atoms with Gasteiger partial charge in [-0.3, -0.25) is 14.1 Å². The van der Waals surface area contributed by atoms with Crippen molar-refractivity contribution in [3.05, 3.63) is 66.7 Å². The Morgan fingerprint density at radius 3 is 2.77 bits per heavy atom. The van der Waals surface area contributed by atoms with Gasteiger partial charge in [0.25, 0.3) is 0 Å². The molecule has 0 N–H and O–H groups in total. The third-order valence-corrected chi connectivity index (χ3v) is 7.40. The number of fused-ring (bicyclic) bond motifs is 1. The topological polar surface area (TPSA) is 61.4 Å². The lowest BCUT2D eigenvalue weighted by molar-refractivity contribution is 0.596. The van der Waals surface area contributed by atoms with E-state index in [4.69, 9.17) is 0 Å². The fraction of sp³-hybridized carbons (Fsp3) is 0.273. The van der Waals surface area contributed by atoms with E-state index in [0.717, 1.165) is 38.9 Å². The first-order chi connectivity index (χ1) is 14.7. The molecule has 0 bridgehead atoms. The number of hydrogen-bond donors (Lipinski definition) is 0. The average Bonchev–Trinajstić information content (AvgIpc) is 3.50. The highest BCUT2D eigenvalue weighted by Crippen LogP contribution is 2.38. The molecule has 1 aliphatic rings. The maximum Gasteiger partial charge on any atom is 0.191 e. The summed E-state index contributed by atoms with van der Waals surface area (Å²) in [4.78, 5) is 8.84. The first-order valence-corrected chi connectivity index (χ1v) is 11.9. The van der Waals surface area contributed by atoms with Gasteiger partial charge in [0.2, 0.25) is 0 Å². The number of rotatable bonds is 6. The summed E-state index contributed by atoms with van der Waals surface area (Å²) in [5.74, 6) is 3.32. The van der Waals surface area contributed by atoms with Crippen LogP contribution in [0.5, 0.6) is 0 Å². The standard InChI is InChI=1S/C22H22N6S2/c1-15(2)16-5-7-18(8-6-16)27-11-10-24-21(27)29-13-19-14-30-22-26-25-20(28(19)22)17-4-3-9-23-12-17/h3-12,15,19H,13-14H2,1-2H3. The van der Waals surface area contributed by atoms with Crippen molar-refractivity contribution in [1.82, 2.24) is 29.3 Å². The molecule has 0 saturated carbocycles. The highest BCUT2D eigenvalue weighted by atomic mass is 32.2. The van der Waals surface area contributed by atoms with Gasteiger partial charge in [0.05, 0.1) is 6.04 Å². The number of hydrogen-bond acceptors (Lipinski definition) is 6. The first-order valence-electron chi connectivity index (χ1n) is 9.95. The van der Waals surface area contributed by atoms with Crippen molar-refractivity contribution in [2.45, 2.75) is 36.1 Å². The second kappa shape index (κ2) is 8.28. The van der Waals surface area contributed by atoms with Crippen LogP contribution in [0.15, 0.2) is 71.5 Å². The predicted octanol–water partition coefficient (Wildman–Crippen LogP) is 5.09. The fourth-order valence-electron chi connectivity index (χ4n) is 3.55. The first kappa shape index (κ1) is 19.4. The van der Waals surface area contributed by atoms with Crippen LogP contribution in [-0.4, -0.2) is 40.8 Å². The van der Waals surface area contributed by atoms with Gasteiger partial charge in [-0.15, -0.1) is 10.2 Å². The molecule has 4 aromatic rings. The van der Waals surface area contributed by atoms with Gasteiger partial charge in [0.15, 0.2) is 16.1 Å². The van der Waals surface area contributed by atoms with Gasteiger partial charge in [-0.25, -0.2) is 4.98 Å². The smallest absolute Gasteiger partial charge is 0.191 e. The molecule has 30 heavy (non-hydrogen) atoms. The Labute approximate surface area is 184 Å². The van der Waals surface area contributed by atoms with E-state index in [0.29, 0.717) is 12.0 Å². The highest BCUT2D eigenvalue weighted by Gasteiger charge is 2.29. The van der Waals surface area contributed by atoms with E-state index < -0.39 is 0 Å². The monoisotopic (exact) mass is 434 g/mol. The van der Waals surface area contributed by atoms with Crippen LogP contribution in [0.4, 0.5) is 0 Å². The van der Waals surface area contributed by atoms with Gasteiger partial charge in [-0.2, -0.15) is 0 Å². The van der Waals surface area contributed by atoms with Crippen molar-refractivity contribution in [2.24, 2.45) is 0 Å². The highest BCUT2D eigenvalue weighted by molar-refractivity contribution is 8.00. The van der Waals surface area contributed by atoms with Crippen molar-refractivity contribution in [2.75, 3.05) is 11.5 Å². The Morgan fingerprint density at radius 1 is 1.13 bits per heavy atom. The molecule has 1 unspecified atom stereocenters. The van der Waals surface area contributed by atoms with E-state index in [9.17, 15) is 0 Å². The van der Waals surface area contributed by atoms with Crippen LogP contribution in [0.25, 0.3) is 17.1 Å². The Balaban J connectivity index is 1.35. The molecule has 8 heteroatoms. The van der Waals surface area contributed by atoms with Crippen molar-refractivity contribution in [3.63, 3.8) is 0 Å². The lowest BCUT2D eigenvalue weighted by Gasteiger charge is -2.15. The SMILES string of the molecule is CC(C)c1ccc(-n2ccnc2SCC2CSc3nnc(-c4cccnc4)n32)cc1. The van der Waals surface area contributed by atoms with Gasteiger partial charge in [-0.05, 0) is 35.7 Å². The molecule has 0 fully saturated rings. The van der Waals surface area contributed by atoms with E-state index in [1.54, 1.807) is 29.7 Å². The number of benzene rings is 1. The van der Waals surface area contributed by atoms with Crippen LogP contribution in [0.1, 0.15) is 31.4 Å². The van der Waals surface area contributed by atoms with Gasteiger partial charge < -0.3 is 0 Å². The Morgan fingerprint density at radius 2 is 2.00 bits per heavy atom. The molecule has 152 valence electrons. The second-order valence-corrected chi connectivity index (χ2v) is 9.49. The van der Waals surface area contributed by atoms with Crippen LogP contribution < -0.4 is 0 Å². The molecule has 3 aromatic heterocycles. The molecular weight excluding hydrogens is 412 g/mol. The largest absolute Gasteiger partial charge is 0.297 e. The predicted molar refractivity (Wildman–Crippen MR) is 121 cm³/mol. The molecule has 1 atom stereocenters. The van der Waals surface area contributed by atoms with E-state index in [1.807, 2.05) is 30.7 Å². The number of aromatic nitrogens is 6. The summed E-state index contributed by atoms with van der Waals surface area (Å²) in [6, 6.07) is 13.0. The number of pyridine rings is 1. The zero-order valence-corrected chi connectivity index (χ0v) is 18.5. The van der Waals surface area contributed by atoms with E-state index in [-0.39, 0.29) is 0 Å². The quantitative estimate of drug-likeness (QED) is 0.394. The van der Waals surface area contributed by atoms with Crippen molar-refractivity contribution >= 4 is 23.5 Å². The third-order valence-electron chi connectivity index (χ3n) is 5.20. The molecule has 5 rings (SSSR count). The van der Waals surface area contributed by atoms with Gasteiger partial charge in [0, 0.05) is 47.5 Å². The summed E-state index contributed by atoms with van der Waals surface area (Å²) < 4.78 is 4.41. The zero-order chi connectivity index (χ0) is 20.5. The van der Waals surface area contributed by atoms with Gasteiger partial charge in [0.1, 0.15) is 0 Å². The average molecular weight is 435 g/mol. The van der Waals surface area contributed by atoms with Crippen LogP contribution in [0, 0.1) is 0 Å². The summed E-state index contributed by atoms with van der Waals surface area (Å²) in [7, 11) is 0. The molecule has 6 nitrogen and oxygen atoms in total. The van der Waals surface area contributed by atoms with Crippen LogP contribution in [-0.2, 0) is 0 Å². The van der Waals surface area contributed by atoms with Gasteiger partial charge in [-0.1, -0.05) is 49.5 Å². The number of nitrogens with zero attached hydrogens (tertiary/aromatic N) is 6. The third kappa shape index (κ3) is 3.65. The van der Waals surface area contributed by atoms with E-state index >= 15 is 0 Å². The molecule has 0 radical (unpaired) electrons. The summed E-state index contributed by atoms with van der Waals surface area (Å²) >= 11 is 3.54. The molecule has 4 heterocycles. The lowest BCUT2D eigenvalue weighted by atomic mass is 10.0.